The van der Waals surface area contributed by atoms with Crippen LogP contribution in [0.15, 0.2) is 40.8 Å². The van der Waals surface area contributed by atoms with Crippen molar-refractivity contribution in [1.82, 2.24) is 5.32 Å². The third kappa shape index (κ3) is 4.36. The van der Waals surface area contributed by atoms with Gasteiger partial charge in [0.05, 0.1) is 6.54 Å². The summed E-state index contributed by atoms with van der Waals surface area (Å²) in [6.07, 6.45) is -0.860. The molecule has 21 heavy (non-hydrogen) atoms. The van der Waals surface area contributed by atoms with Gasteiger partial charge < -0.3 is 19.6 Å². The van der Waals surface area contributed by atoms with Crippen molar-refractivity contribution in [2.45, 2.75) is 20.0 Å². The molecule has 0 spiro atoms. The lowest BCUT2D eigenvalue weighted by molar-refractivity contribution is -0.123. The topological polar surface area (TPSA) is 71.7 Å². The Kier molecular flexibility index (Phi) is 5.00. The Labute approximate surface area is 123 Å². The predicted octanol–water partition coefficient (Wildman–Crippen LogP) is 2.13. The van der Waals surface area contributed by atoms with Crippen molar-refractivity contribution in [3.05, 3.63) is 53.5 Å². The minimum absolute atomic E-state index is 0.0862. The van der Waals surface area contributed by atoms with E-state index in [1.54, 1.807) is 19.1 Å². The molecule has 112 valence electrons. The van der Waals surface area contributed by atoms with E-state index in [9.17, 15) is 9.90 Å². The first-order valence-corrected chi connectivity index (χ1v) is 6.76. The summed E-state index contributed by atoms with van der Waals surface area (Å²) < 4.78 is 10.7. The lowest BCUT2D eigenvalue weighted by Gasteiger charge is -2.11. The molecule has 1 atom stereocenters. The molecule has 2 aromatic rings. The number of hydrogen-bond acceptors (Lipinski definition) is 4. The summed E-state index contributed by atoms with van der Waals surface area (Å²) >= 11 is 0. The molecule has 2 N–H and O–H groups in total. The van der Waals surface area contributed by atoms with E-state index in [1.165, 1.54) is 0 Å². The van der Waals surface area contributed by atoms with Crippen molar-refractivity contribution >= 4 is 5.91 Å². The average molecular weight is 289 g/mol. The molecule has 0 saturated heterocycles. The van der Waals surface area contributed by atoms with E-state index < -0.39 is 6.10 Å². The smallest absolute Gasteiger partial charge is 0.258 e. The van der Waals surface area contributed by atoms with Crippen LogP contribution >= 0.6 is 0 Å². The van der Waals surface area contributed by atoms with Crippen molar-refractivity contribution in [3.8, 4) is 5.75 Å². The molecule has 1 aromatic carbocycles. The monoisotopic (exact) mass is 289 g/mol. The van der Waals surface area contributed by atoms with E-state index in [0.29, 0.717) is 11.5 Å². The van der Waals surface area contributed by atoms with E-state index in [1.807, 2.05) is 31.2 Å². The van der Waals surface area contributed by atoms with Gasteiger partial charge in [0.25, 0.3) is 5.91 Å². The average Bonchev–Trinajstić information content (AvgIpc) is 2.90. The predicted molar refractivity (Wildman–Crippen MR) is 78.1 cm³/mol. The Hall–Kier alpha value is -2.27. The molecule has 1 aromatic heterocycles. The summed E-state index contributed by atoms with van der Waals surface area (Å²) in [5.41, 5.74) is 0.969. The second-order valence-corrected chi connectivity index (χ2v) is 4.82. The Morgan fingerprint density at radius 2 is 2.05 bits per heavy atom. The molecule has 5 heteroatoms. The summed E-state index contributed by atoms with van der Waals surface area (Å²) in [6.45, 7) is 3.71. The SMILES string of the molecule is Cc1ccc(C(O)CNC(=O)COc2ccccc2C)o1. The number of hydrogen-bond donors (Lipinski definition) is 2. The summed E-state index contributed by atoms with van der Waals surface area (Å²) in [4.78, 5) is 11.7. The molecule has 0 radical (unpaired) electrons. The number of ether oxygens (including phenoxy) is 1. The highest BCUT2D eigenvalue weighted by Gasteiger charge is 2.13. The van der Waals surface area contributed by atoms with Crippen LogP contribution in [0.25, 0.3) is 0 Å². The fourth-order valence-electron chi connectivity index (χ4n) is 1.86. The van der Waals surface area contributed by atoms with Crippen LogP contribution in [0.2, 0.25) is 0 Å². The molecular formula is C16H19NO4. The summed E-state index contributed by atoms with van der Waals surface area (Å²) in [5.74, 6) is 1.54. The van der Waals surface area contributed by atoms with Gasteiger partial charge in [-0.15, -0.1) is 0 Å². The van der Waals surface area contributed by atoms with Gasteiger partial charge in [-0.25, -0.2) is 0 Å². The van der Waals surface area contributed by atoms with Gasteiger partial charge in [-0.3, -0.25) is 4.79 Å². The fraction of sp³-hybridized carbons (Fsp3) is 0.312. The lowest BCUT2D eigenvalue weighted by atomic mass is 10.2. The second-order valence-electron chi connectivity index (χ2n) is 4.82. The number of aliphatic hydroxyl groups is 1. The number of benzene rings is 1. The molecule has 0 aliphatic carbocycles. The Morgan fingerprint density at radius 1 is 1.29 bits per heavy atom. The number of amides is 1. The third-order valence-corrected chi connectivity index (χ3v) is 3.03. The minimum Gasteiger partial charge on any atom is -0.484 e. The molecule has 0 aliphatic heterocycles. The van der Waals surface area contributed by atoms with Crippen LogP contribution in [-0.4, -0.2) is 24.2 Å². The van der Waals surface area contributed by atoms with Crippen LogP contribution in [0, 0.1) is 13.8 Å². The largest absolute Gasteiger partial charge is 0.484 e. The molecule has 1 heterocycles. The van der Waals surface area contributed by atoms with Crippen molar-refractivity contribution in [2.75, 3.05) is 13.2 Å². The standard InChI is InChI=1S/C16H19NO4/c1-11-5-3-4-6-14(11)20-10-16(19)17-9-13(18)15-8-7-12(2)21-15/h3-8,13,18H,9-10H2,1-2H3,(H,17,19). The van der Waals surface area contributed by atoms with Crippen LogP contribution in [0.4, 0.5) is 0 Å². The molecule has 0 saturated carbocycles. The van der Waals surface area contributed by atoms with Gasteiger partial charge in [0.1, 0.15) is 23.4 Å². The van der Waals surface area contributed by atoms with Crippen molar-refractivity contribution in [2.24, 2.45) is 0 Å². The zero-order chi connectivity index (χ0) is 15.2. The Morgan fingerprint density at radius 3 is 2.71 bits per heavy atom. The molecule has 0 aliphatic rings. The number of para-hydroxylation sites is 1. The summed E-state index contributed by atoms with van der Waals surface area (Å²) in [7, 11) is 0. The van der Waals surface area contributed by atoms with E-state index in [2.05, 4.69) is 5.32 Å². The van der Waals surface area contributed by atoms with Gasteiger partial charge in [0.2, 0.25) is 0 Å². The third-order valence-electron chi connectivity index (χ3n) is 3.03. The number of rotatable bonds is 6. The molecule has 0 bridgehead atoms. The maximum Gasteiger partial charge on any atom is 0.258 e. The van der Waals surface area contributed by atoms with Crippen molar-refractivity contribution in [3.63, 3.8) is 0 Å². The number of aliphatic hydroxyl groups excluding tert-OH is 1. The molecular weight excluding hydrogens is 270 g/mol. The van der Waals surface area contributed by atoms with Crippen LogP contribution in [0.1, 0.15) is 23.2 Å². The van der Waals surface area contributed by atoms with Crippen molar-refractivity contribution in [1.29, 1.82) is 0 Å². The van der Waals surface area contributed by atoms with Crippen LogP contribution < -0.4 is 10.1 Å². The van der Waals surface area contributed by atoms with Gasteiger partial charge in [-0.2, -0.15) is 0 Å². The second kappa shape index (κ2) is 6.95. The fourth-order valence-corrected chi connectivity index (χ4v) is 1.86. The van der Waals surface area contributed by atoms with Gasteiger partial charge in [-0.1, -0.05) is 18.2 Å². The Balaban J connectivity index is 1.76. The maximum absolute atomic E-state index is 11.7. The van der Waals surface area contributed by atoms with Gasteiger partial charge in [0, 0.05) is 0 Å². The van der Waals surface area contributed by atoms with E-state index in [4.69, 9.17) is 9.15 Å². The number of carbonyl (C=O) groups excluding carboxylic acids is 1. The molecule has 1 unspecified atom stereocenters. The highest BCUT2D eigenvalue weighted by Crippen LogP contribution is 2.16. The molecule has 5 nitrogen and oxygen atoms in total. The van der Waals surface area contributed by atoms with Crippen molar-refractivity contribution < 1.29 is 19.1 Å². The number of aryl methyl sites for hydroxylation is 2. The Bertz CT molecular complexity index is 606. The first-order chi connectivity index (χ1) is 10.1. The van der Waals surface area contributed by atoms with Gasteiger partial charge in [-0.05, 0) is 37.6 Å². The first-order valence-electron chi connectivity index (χ1n) is 6.76. The van der Waals surface area contributed by atoms with Gasteiger partial charge >= 0.3 is 0 Å². The maximum atomic E-state index is 11.7. The van der Waals surface area contributed by atoms with Crippen LogP contribution in [-0.2, 0) is 4.79 Å². The van der Waals surface area contributed by atoms with Crippen LogP contribution in [0.3, 0.4) is 0 Å². The number of furan rings is 1. The summed E-state index contributed by atoms with van der Waals surface area (Å²) in [6, 6.07) is 10.9. The minimum atomic E-state index is -0.860. The van der Waals surface area contributed by atoms with Crippen LogP contribution in [0.5, 0.6) is 5.75 Å². The van der Waals surface area contributed by atoms with E-state index >= 15 is 0 Å². The lowest BCUT2D eigenvalue weighted by Crippen LogP contribution is -2.32. The van der Waals surface area contributed by atoms with Gasteiger partial charge in [0.15, 0.2) is 6.61 Å². The quantitative estimate of drug-likeness (QED) is 0.854. The van der Waals surface area contributed by atoms with E-state index in [-0.39, 0.29) is 19.1 Å². The first kappa shape index (κ1) is 15.1. The van der Waals surface area contributed by atoms with E-state index in [0.717, 1.165) is 11.3 Å². The number of carbonyl (C=O) groups is 1. The normalized spacial score (nSPS) is 12.0. The zero-order valence-corrected chi connectivity index (χ0v) is 12.1. The number of nitrogens with one attached hydrogen (secondary N) is 1. The molecule has 0 fully saturated rings. The summed E-state index contributed by atoms with van der Waals surface area (Å²) in [5, 5.41) is 12.5. The zero-order valence-electron chi connectivity index (χ0n) is 12.1. The highest BCUT2D eigenvalue weighted by atomic mass is 16.5. The highest BCUT2D eigenvalue weighted by molar-refractivity contribution is 5.77. The molecule has 2 rings (SSSR count). The molecule has 1 amide bonds.